The summed E-state index contributed by atoms with van der Waals surface area (Å²) >= 11 is 0. The van der Waals surface area contributed by atoms with Crippen LogP contribution in [-0.4, -0.2) is 47.9 Å². The van der Waals surface area contributed by atoms with Gasteiger partial charge >= 0.3 is 0 Å². The van der Waals surface area contributed by atoms with Crippen LogP contribution in [0.4, 0.5) is 5.69 Å². The number of amides is 2. The molecule has 2 fully saturated rings. The average Bonchev–Trinajstić information content (AvgIpc) is 3.53. The van der Waals surface area contributed by atoms with Crippen molar-refractivity contribution in [3.8, 4) is 0 Å². The molecular formula is C30H31N4O2U-. The molecule has 0 saturated carbocycles. The summed E-state index contributed by atoms with van der Waals surface area (Å²) < 4.78 is 0. The van der Waals surface area contributed by atoms with Crippen molar-refractivity contribution in [3.63, 3.8) is 0 Å². The van der Waals surface area contributed by atoms with Gasteiger partial charge in [-0.05, 0) is 72.9 Å². The van der Waals surface area contributed by atoms with Crippen molar-refractivity contribution >= 4 is 17.5 Å². The number of piperidine rings is 1. The standard InChI is InChI=1S/C30H31N4O2.U/c35-28(22-4-2-1-3-5-22)32-27-9-7-23-20-24(6-8-26(23)27)29(36)34-19-14-30(21-34)12-17-33(18-13-30)25-10-15-31-16-11-25;/h1-4,6,8,10-11,15-16,20,27H,7,9,12-14,17-19,21H2,(H,32,35);/q-1;/t27-;/m1./s1. The molecule has 1 atom stereocenters. The number of aryl methyl sites for hydroxylation is 1. The minimum absolute atomic E-state index is 0. The van der Waals surface area contributed by atoms with Crippen molar-refractivity contribution in [2.24, 2.45) is 5.41 Å². The molecule has 6 nitrogen and oxygen atoms in total. The van der Waals surface area contributed by atoms with Gasteiger partial charge in [0.05, 0.1) is 0 Å². The molecule has 1 spiro atoms. The van der Waals surface area contributed by atoms with Crippen molar-refractivity contribution in [2.75, 3.05) is 31.1 Å². The Labute approximate surface area is 242 Å². The Bertz CT molecular complexity index is 1260. The number of carbonyl (C=O) groups excluding carboxylic acids is 2. The summed E-state index contributed by atoms with van der Waals surface area (Å²) in [7, 11) is 0. The molecule has 3 aliphatic rings. The van der Waals surface area contributed by atoms with Crippen molar-refractivity contribution in [1.29, 1.82) is 0 Å². The van der Waals surface area contributed by atoms with Crippen LogP contribution in [0.2, 0.25) is 0 Å². The Morgan fingerprint density at radius 3 is 2.54 bits per heavy atom. The van der Waals surface area contributed by atoms with Crippen LogP contribution in [0.3, 0.4) is 0 Å². The molecule has 2 saturated heterocycles. The summed E-state index contributed by atoms with van der Waals surface area (Å²) in [4.78, 5) is 34.7. The Kier molecular flexibility index (Phi) is 7.74. The smallest absolute Gasteiger partial charge is 0.253 e. The molecule has 3 heterocycles. The Morgan fingerprint density at radius 2 is 1.78 bits per heavy atom. The molecule has 2 aliphatic heterocycles. The Balaban J connectivity index is 0.00000280. The van der Waals surface area contributed by atoms with Crippen molar-refractivity contribution in [3.05, 3.63) is 95.3 Å². The SMILES string of the molecule is O=C(N[C@@H]1CCc2cc(C(=O)N3CCC4(CCN(c5ccncc5)CC4)C3)ccc21)c1[c-]cccc1.[U]. The molecule has 6 rings (SSSR count). The first-order valence-electron chi connectivity index (χ1n) is 12.9. The molecular weight excluding hydrogens is 686 g/mol. The number of rotatable bonds is 4. The fourth-order valence-corrected chi connectivity index (χ4v) is 6.16. The maximum Gasteiger partial charge on any atom is 0.253 e. The maximum atomic E-state index is 13.4. The predicted octanol–water partition coefficient (Wildman–Crippen LogP) is 4.43. The fourth-order valence-electron chi connectivity index (χ4n) is 6.16. The van der Waals surface area contributed by atoms with E-state index in [-0.39, 0.29) is 54.4 Å². The summed E-state index contributed by atoms with van der Waals surface area (Å²) in [6.45, 7) is 3.73. The number of fused-ring (bicyclic) bond motifs is 1. The first-order valence-corrected chi connectivity index (χ1v) is 12.9. The number of anilines is 1. The molecule has 0 radical (unpaired) electrons. The molecule has 1 N–H and O–H groups in total. The minimum Gasteiger partial charge on any atom is -0.385 e. The number of aromatic nitrogens is 1. The second-order valence-electron chi connectivity index (χ2n) is 10.4. The van der Waals surface area contributed by atoms with E-state index in [2.05, 4.69) is 44.4 Å². The number of hydrogen-bond acceptors (Lipinski definition) is 4. The number of hydrogen-bond donors (Lipinski definition) is 1. The third-order valence-corrected chi connectivity index (χ3v) is 8.30. The first-order chi connectivity index (χ1) is 17.6. The summed E-state index contributed by atoms with van der Waals surface area (Å²) in [5.74, 6) is 0.0311. The molecule has 2 amide bonds. The van der Waals surface area contributed by atoms with Gasteiger partial charge in [0.1, 0.15) is 0 Å². The van der Waals surface area contributed by atoms with E-state index in [1.807, 2.05) is 36.7 Å². The van der Waals surface area contributed by atoms with Crippen LogP contribution >= 0.6 is 0 Å². The van der Waals surface area contributed by atoms with Crippen LogP contribution in [0.25, 0.3) is 0 Å². The first kappa shape index (κ1) is 26.0. The second-order valence-corrected chi connectivity index (χ2v) is 10.4. The van der Waals surface area contributed by atoms with Crippen LogP contribution in [0.5, 0.6) is 0 Å². The number of benzene rings is 2. The van der Waals surface area contributed by atoms with Gasteiger partial charge in [0.15, 0.2) is 5.91 Å². The van der Waals surface area contributed by atoms with E-state index in [1.165, 1.54) is 11.3 Å². The van der Waals surface area contributed by atoms with Crippen molar-refractivity contribution in [2.45, 2.75) is 38.1 Å². The van der Waals surface area contributed by atoms with Crippen LogP contribution in [0, 0.1) is 42.6 Å². The largest absolute Gasteiger partial charge is 0.385 e. The van der Waals surface area contributed by atoms with Crippen LogP contribution in [0.15, 0.2) is 67.0 Å². The van der Waals surface area contributed by atoms with Crippen LogP contribution in [0.1, 0.15) is 63.6 Å². The zero-order valence-electron chi connectivity index (χ0n) is 21.0. The Hall–Kier alpha value is -2.62. The predicted molar refractivity (Wildman–Crippen MR) is 139 cm³/mol. The third kappa shape index (κ3) is 5.35. The quantitative estimate of drug-likeness (QED) is 0.406. The minimum atomic E-state index is -0.106. The van der Waals surface area contributed by atoms with Gasteiger partial charge in [-0.1, -0.05) is 11.6 Å². The van der Waals surface area contributed by atoms with Gasteiger partial charge < -0.3 is 19.9 Å². The molecule has 1 aliphatic carbocycles. The summed E-state index contributed by atoms with van der Waals surface area (Å²) in [6, 6.07) is 20.4. The molecule has 7 heteroatoms. The molecule has 2 aromatic carbocycles. The zero-order chi connectivity index (χ0) is 24.5. The summed E-state index contributed by atoms with van der Waals surface area (Å²) in [5, 5.41) is 3.14. The van der Waals surface area contributed by atoms with Gasteiger partial charge in [-0.2, -0.15) is 0 Å². The number of nitrogens with zero attached hydrogens (tertiary/aromatic N) is 3. The van der Waals surface area contributed by atoms with Gasteiger partial charge in [0.25, 0.3) is 5.91 Å². The topological polar surface area (TPSA) is 65.5 Å². The molecule has 1 aromatic heterocycles. The zero-order valence-corrected chi connectivity index (χ0v) is 25.1. The number of likely N-dealkylation sites (tertiary alicyclic amines) is 1. The Morgan fingerprint density at radius 1 is 1.00 bits per heavy atom. The van der Waals surface area contributed by atoms with Gasteiger partial charge in [-0.25, -0.2) is 0 Å². The third-order valence-electron chi connectivity index (χ3n) is 8.30. The van der Waals surface area contributed by atoms with Crippen molar-refractivity contribution < 1.29 is 40.7 Å². The van der Waals surface area contributed by atoms with E-state index in [1.54, 1.807) is 12.1 Å². The van der Waals surface area contributed by atoms with Gasteiger partial charge in [-0.15, -0.1) is 30.3 Å². The summed E-state index contributed by atoms with van der Waals surface area (Å²) in [5.41, 5.74) is 5.08. The second kappa shape index (κ2) is 11.0. The molecule has 3 aromatic rings. The molecule has 0 bridgehead atoms. The number of carbonyl (C=O) groups is 2. The van der Waals surface area contributed by atoms with Crippen LogP contribution < -0.4 is 10.2 Å². The number of pyridine rings is 1. The number of nitrogens with one attached hydrogen (secondary N) is 1. The van der Waals surface area contributed by atoms with Crippen LogP contribution in [-0.2, 0) is 6.42 Å². The monoisotopic (exact) mass is 717 g/mol. The van der Waals surface area contributed by atoms with Gasteiger partial charge in [0, 0.05) is 87.0 Å². The summed E-state index contributed by atoms with van der Waals surface area (Å²) in [6.07, 6.45) is 8.74. The van der Waals surface area contributed by atoms with E-state index in [0.29, 0.717) is 5.56 Å². The molecule has 188 valence electrons. The maximum absolute atomic E-state index is 13.4. The molecule has 37 heavy (non-hydrogen) atoms. The molecule has 0 unspecified atom stereocenters. The van der Waals surface area contributed by atoms with Gasteiger partial charge in [0.2, 0.25) is 0 Å². The van der Waals surface area contributed by atoms with E-state index in [4.69, 9.17) is 0 Å². The fraction of sp³-hybridized carbons (Fsp3) is 0.367. The van der Waals surface area contributed by atoms with Gasteiger partial charge in [-0.3, -0.25) is 9.78 Å². The average molecular weight is 718 g/mol. The van der Waals surface area contributed by atoms with E-state index >= 15 is 0 Å². The van der Waals surface area contributed by atoms with E-state index < -0.39 is 0 Å². The normalized spacial score (nSPS) is 19.8. The van der Waals surface area contributed by atoms with Crippen molar-refractivity contribution in [1.82, 2.24) is 15.2 Å². The van der Waals surface area contributed by atoms with E-state index in [9.17, 15) is 9.59 Å². The van der Waals surface area contributed by atoms with E-state index in [0.717, 1.165) is 69.4 Å².